The van der Waals surface area contributed by atoms with Gasteiger partial charge < -0.3 is 5.32 Å². The van der Waals surface area contributed by atoms with E-state index in [4.69, 9.17) is 0 Å². The van der Waals surface area contributed by atoms with Crippen LogP contribution >= 0.6 is 0 Å². The number of hydrogen-bond acceptors (Lipinski definition) is 1. The lowest BCUT2D eigenvalue weighted by atomic mass is 9.79. The van der Waals surface area contributed by atoms with E-state index in [1.807, 2.05) is 0 Å². The van der Waals surface area contributed by atoms with Crippen LogP contribution in [0.5, 0.6) is 0 Å². The first-order valence-corrected chi connectivity index (χ1v) is 7.86. The van der Waals surface area contributed by atoms with Gasteiger partial charge in [0.2, 0.25) is 0 Å². The Morgan fingerprint density at radius 1 is 1.05 bits per heavy atom. The zero-order valence-corrected chi connectivity index (χ0v) is 12.2. The normalized spacial score (nSPS) is 21.7. The van der Waals surface area contributed by atoms with Crippen molar-refractivity contribution in [1.82, 2.24) is 5.32 Å². The van der Waals surface area contributed by atoms with Crippen molar-refractivity contribution in [2.24, 2.45) is 5.41 Å². The Balaban J connectivity index is 1.67. The van der Waals surface area contributed by atoms with Gasteiger partial charge in [0.1, 0.15) is 0 Å². The number of hydrogen-bond donors (Lipinski definition) is 1. The highest BCUT2D eigenvalue weighted by Gasteiger charge is 2.36. The zero-order chi connectivity index (χ0) is 14.9. The molecule has 0 heterocycles. The van der Waals surface area contributed by atoms with Crippen LogP contribution in [0.4, 0.5) is 13.2 Å². The molecule has 4 heteroatoms. The summed E-state index contributed by atoms with van der Waals surface area (Å²) in [4.78, 5) is 0. The molecular formula is C17H22F3N. The Hall–Kier alpha value is -1.03. The third kappa shape index (κ3) is 3.79. The van der Waals surface area contributed by atoms with E-state index in [-0.39, 0.29) is 5.41 Å². The molecule has 116 valence electrons. The predicted molar refractivity (Wildman–Crippen MR) is 77.1 cm³/mol. The molecule has 0 aliphatic heterocycles. The molecule has 21 heavy (non-hydrogen) atoms. The minimum absolute atomic E-state index is 0.252. The molecule has 3 rings (SSSR count). The van der Waals surface area contributed by atoms with Crippen LogP contribution in [0.25, 0.3) is 0 Å². The average molecular weight is 297 g/mol. The number of benzene rings is 1. The van der Waals surface area contributed by atoms with Crippen molar-refractivity contribution in [2.75, 3.05) is 6.54 Å². The van der Waals surface area contributed by atoms with Crippen molar-refractivity contribution in [2.45, 2.75) is 57.2 Å². The SMILES string of the molecule is FC(F)(F)c1ccc(CC2(CNC3CC3)CCCC2)cc1. The van der Waals surface area contributed by atoms with Gasteiger partial charge in [0, 0.05) is 12.6 Å². The Labute approximate surface area is 123 Å². The standard InChI is InChI=1S/C17H22F3N/c18-17(19,20)14-5-3-13(4-6-14)11-16(9-1-2-10-16)12-21-15-7-8-15/h3-6,15,21H,1-2,7-12H2. The highest BCUT2D eigenvalue weighted by molar-refractivity contribution is 5.25. The second-order valence-electron chi connectivity index (χ2n) is 6.73. The molecule has 1 aromatic rings. The molecule has 0 unspecified atom stereocenters. The summed E-state index contributed by atoms with van der Waals surface area (Å²) in [5.74, 6) is 0. The van der Waals surface area contributed by atoms with Gasteiger partial charge in [-0.05, 0) is 55.2 Å². The molecule has 0 atom stereocenters. The average Bonchev–Trinajstić information content (AvgIpc) is 3.16. The van der Waals surface area contributed by atoms with Crippen molar-refractivity contribution >= 4 is 0 Å². The maximum atomic E-state index is 12.6. The number of rotatable bonds is 5. The lowest BCUT2D eigenvalue weighted by Gasteiger charge is -2.30. The van der Waals surface area contributed by atoms with Gasteiger partial charge in [-0.1, -0.05) is 25.0 Å². The fourth-order valence-electron chi connectivity index (χ4n) is 3.43. The number of halogens is 3. The molecular weight excluding hydrogens is 275 g/mol. The summed E-state index contributed by atoms with van der Waals surface area (Å²) in [5.41, 5.74) is 0.729. The fourth-order valence-corrected chi connectivity index (χ4v) is 3.43. The molecule has 1 N–H and O–H groups in total. The quantitative estimate of drug-likeness (QED) is 0.840. The monoisotopic (exact) mass is 297 g/mol. The van der Waals surface area contributed by atoms with E-state index in [2.05, 4.69) is 5.32 Å². The van der Waals surface area contributed by atoms with E-state index >= 15 is 0 Å². The van der Waals surface area contributed by atoms with Crippen LogP contribution in [0.3, 0.4) is 0 Å². The largest absolute Gasteiger partial charge is 0.416 e. The Bertz CT molecular complexity index is 468. The second kappa shape index (κ2) is 5.64. The van der Waals surface area contributed by atoms with Crippen molar-refractivity contribution in [3.8, 4) is 0 Å². The van der Waals surface area contributed by atoms with Crippen LogP contribution in [0.1, 0.15) is 49.7 Å². The predicted octanol–water partition coefficient (Wildman–Crippen LogP) is 4.56. The summed E-state index contributed by atoms with van der Waals surface area (Å²) in [6, 6.07) is 6.42. The van der Waals surface area contributed by atoms with Crippen molar-refractivity contribution in [3.05, 3.63) is 35.4 Å². The third-order valence-corrected chi connectivity index (χ3v) is 4.87. The van der Waals surface area contributed by atoms with E-state index < -0.39 is 11.7 Å². The Morgan fingerprint density at radius 2 is 1.67 bits per heavy atom. The van der Waals surface area contributed by atoms with Crippen LogP contribution in [0.2, 0.25) is 0 Å². The first kappa shape index (κ1) is 14.9. The lowest BCUT2D eigenvalue weighted by molar-refractivity contribution is -0.137. The van der Waals surface area contributed by atoms with Crippen molar-refractivity contribution in [3.63, 3.8) is 0 Å². The minimum atomic E-state index is -4.24. The minimum Gasteiger partial charge on any atom is -0.313 e. The van der Waals surface area contributed by atoms with E-state index in [0.29, 0.717) is 6.04 Å². The van der Waals surface area contributed by atoms with Crippen LogP contribution in [-0.2, 0) is 12.6 Å². The summed E-state index contributed by atoms with van der Waals surface area (Å²) >= 11 is 0. The van der Waals surface area contributed by atoms with Crippen LogP contribution in [-0.4, -0.2) is 12.6 Å². The maximum Gasteiger partial charge on any atom is 0.416 e. The smallest absolute Gasteiger partial charge is 0.313 e. The summed E-state index contributed by atoms with van der Waals surface area (Å²) in [6.07, 6.45) is 4.07. The number of alkyl halides is 3. The van der Waals surface area contributed by atoms with Gasteiger partial charge in [-0.25, -0.2) is 0 Å². The maximum absolute atomic E-state index is 12.6. The summed E-state index contributed by atoms with van der Waals surface area (Å²) in [5, 5.41) is 3.62. The topological polar surface area (TPSA) is 12.0 Å². The molecule has 0 radical (unpaired) electrons. The molecule has 0 spiro atoms. The molecule has 2 aliphatic carbocycles. The third-order valence-electron chi connectivity index (χ3n) is 4.87. The van der Waals surface area contributed by atoms with Crippen LogP contribution in [0.15, 0.2) is 24.3 Å². The van der Waals surface area contributed by atoms with Gasteiger partial charge in [-0.15, -0.1) is 0 Å². The molecule has 2 aliphatic rings. The van der Waals surface area contributed by atoms with Gasteiger partial charge in [-0.3, -0.25) is 0 Å². The molecule has 2 saturated carbocycles. The Kier molecular flexibility index (Phi) is 4.00. The van der Waals surface area contributed by atoms with E-state index in [1.54, 1.807) is 12.1 Å². The summed E-state index contributed by atoms with van der Waals surface area (Å²) < 4.78 is 37.8. The molecule has 0 aromatic heterocycles. The molecule has 1 aromatic carbocycles. The zero-order valence-electron chi connectivity index (χ0n) is 12.2. The van der Waals surface area contributed by atoms with Gasteiger partial charge in [0.05, 0.1) is 5.56 Å². The van der Waals surface area contributed by atoms with Crippen LogP contribution < -0.4 is 5.32 Å². The van der Waals surface area contributed by atoms with Gasteiger partial charge in [0.15, 0.2) is 0 Å². The Morgan fingerprint density at radius 3 is 2.19 bits per heavy atom. The lowest BCUT2D eigenvalue weighted by Crippen LogP contribution is -2.35. The van der Waals surface area contributed by atoms with E-state index in [1.165, 1.54) is 50.7 Å². The van der Waals surface area contributed by atoms with Crippen molar-refractivity contribution < 1.29 is 13.2 Å². The van der Waals surface area contributed by atoms with Crippen LogP contribution in [0, 0.1) is 5.41 Å². The molecule has 1 nitrogen and oxygen atoms in total. The molecule has 0 amide bonds. The first-order valence-electron chi connectivity index (χ1n) is 7.86. The molecule has 0 bridgehead atoms. The molecule has 0 saturated heterocycles. The first-order chi connectivity index (χ1) is 9.97. The van der Waals surface area contributed by atoms with Gasteiger partial charge in [0.25, 0.3) is 0 Å². The summed E-state index contributed by atoms with van der Waals surface area (Å²) in [7, 11) is 0. The summed E-state index contributed by atoms with van der Waals surface area (Å²) in [6.45, 7) is 1.01. The fraction of sp³-hybridized carbons (Fsp3) is 0.647. The second-order valence-corrected chi connectivity index (χ2v) is 6.73. The van der Waals surface area contributed by atoms with E-state index in [9.17, 15) is 13.2 Å². The van der Waals surface area contributed by atoms with E-state index in [0.717, 1.165) is 18.5 Å². The van der Waals surface area contributed by atoms with Gasteiger partial charge >= 0.3 is 6.18 Å². The number of nitrogens with one attached hydrogen (secondary N) is 1. The highest BCUT2D eigenvalue weighted by atomic mass is 19.4. The molecule has 2 fully saturated rings. The van der Waals surface area contributed by atoms with Gasteiger partial charge in [-0.2, -0.15) is 13.2 Å². The van der Waals surface area contributed by atoms with Crippen molar-refractivity contribution in [1.29, 1.82) is 0 Å². The highest BCUT2D eigenvalue weighted by Crippen LogP contribution is 2.41.